The molecule has 124 valence electrons. The number of anilines is 1. The maximum absolute atomic E-state index is 11.1. The molecule has 1 saturated carbocycles. The highest BCUT2D eigenvalue weighted by atomic mass is 16.1. The summed E-state index contributed by atoms with van der Waals surface area (Å²) < 4.78 is 2.10. The van der Waals surface area contributed by atoms with Gasteiger partial charge in [-0.05, 0) is 44.9 Å². The fourth-order valence-corrected chi connectivity index (χ4v) is 3.08. The lowest BCUT2D eigenvalue weighted by atomic mass is 9.91. The van der Waals surface area contributed by atoms with E-state index in [1.54, 1.807) is 6.92 Å². The Hall–Kier alpha value is -1.52. The maximum Gasteiger partial charge on any atom is 0.217 e. The predicted octanol–water partition coefficient (Wildman–Crippen LogP) is 3.10. The second kappa shape index (κ2) is 7.65. The Bertz CT molecular complexity index is 487. The first-order chi connectivity index (χ1) is 10.5. The molecule has 0 bridgehead atoms. The van der Waals surface area contributed by atoms with Crippen LogP contribution in [0.3, 0.4) is 0 Å². The molecular weight excluding hydrogens is 276 g/mol. The number of amides is 1. The van der Waals surface area contributed by atoms with E-state index in [-0.39, 0.29) is 5.91 Å². The van der Waals surface area contributed by atoms with Crippen molar-refractivity contribution in [1.82, 2.24) is 15.1 Å². The molecule has 2 N–H and O–H groups in total. The van der Waals surface area contributed by atoms with Crippen molar-refractivity contribution in [3.8, 4) is 0 Å². The molecule has 0 radical (unpaired) electrons. The molecule has 5 heteroatoms. The zero-order valence-corrected chi connectivity index (χ0v) is 14.4. The van der Waals surface area contributed by atoms with Gasteiger partial charge in [-0.1, -0.05) is 13.8 Å². The fourth-order valence-electron chi connectivity index (χ4n) is 3.08. The molecule has 1 heterocycles. The van der Waals surface area contributed by atoms with Crippen molar-refractivity contribution in [1.29, 1.82) is 0 Å². The Morgan fingerprint density at radius 3 is 2.55 bits per heavy atom. The highest BCUT2D eigenvalue weighted by molar-refractivity contribution is 5.73. The number of nitrogens with zero attached hydrogens (tertiary/aromatic N) is 2. The summed E-state index contributed by atoms with van der Waals surface area (Å²) in [4.78, 5) is 11.1. The first-order valence-electron chi connectivity index (χ1n) is 8.51. The number of carbonyl (C=O) groups is 1. The third-order valence-corrected chi connectivity index (χ3v) is 4.52. The Morgan fingerprint density at radius 2 is 1.95 bits per heavy atom. The van der Waals surface area contributed by atoms with E-state index in [0.29, 0.717) is 18.0 Å². The normalized spacial score (nSPS) is 21.9. The molecule has 1 amide bonds. The summed E-state index contributed by atoms with van der Waals surface area (Å²) in [6, 6.07) is 0.844. The molecule has 1 aliphatic carbocycles. The molecule has 1 fully saturated rings. The Balaban J connectivity index is 1.83. The van der Waals surface area contributed by atoms with Gasteiger partial charge in [-0.25, -0.2) is 0 Å². The van der Waals surface area contributed by atoms with Crippen molar-refractivity contribution in [3.05, 3.63) is 11.9 Å². The van der Waals surface area contributed by atoms with Gasteiger partial charge in [0.25, 0.3) is 0 Å². The first kappa shape index (κ1) is 16.8. The topological polar surface area (TPSA) is 59.0 Å². The van der Waals surface area contributed by atoms with Crippen LogP contribution in [0, 0.1) is 12.8 Å². The van der Waals surface area contributed by atoms with Crippen LogP contribution in [0.4, 0.5) is 5.69 Å². The van der Waals surface area contributed by atoms with E-state index >= 15 is 0 Å². The third kappa shape index (κ3) is 4.75. The smallest absolute Gasteiger partial charge is 0.217 e. The summed E-state index contributed by atoms with van der Waals surface area (Å²) in [6.45, 7) is 9.20. The van der Waals surface area contributed by atoms with Crippen LogP contribution in [0.15, 0.2) is 6.20 Å². The summed E-state index contributed by atoms with van der Waals surface area (Å²) in [5, 5.41) is 11.2. The van der Waals surface area contributed by atoms with Gasteiger partial charge in [-0.3, -0.25) is 9.48 Å². The average Bonchev–Trinajstić information content (AvgIpc) is 2.79. The van der Waals surface area contributed by atoms with Gasteiger partial charge in [-0.15, -0.1) is 0 Å². The van der Waals surface area contributed by atoms with Gasteiger partial charge in [0.1, 0.15) is 0 Å². The van der Waals surface area contributed by atoms with Crippen LogP contribution in [0.5, 0.6) is 0 Å². The monoisotopic (exact) mass is 306 g/mol. The quantitative estimate of drug-likeness (QED) is 0.849. The van der Waals surface area contributed by atoms with Crippen LogP contribution in [-0.4, -0.2) is 27.8 Å². The minimum atomic E-state index is 0.0821. The van der Waals surface area contributed by atoms with Gasteiger partial charge < -0.3 is 10.6 Å². The van der Waals surface area contributed by atoms with Crippen LogP contribution in [-0.2, 0) is 11.3 Å². The highest BCUT2D eigenvalue weighted by Crippen LogP contribution is 2.24. The average molecular weight is 306 g/mol. The van der Waals surface area contributed by atoms with Crippen LogP contribution in [0.2, 0.25) is 0 Å². The SMILES string of the molecule is CC(=O)NC1CCC(Nc2cnn(CCC(C)C)c2C)CC1. The number of aryl methyl sites for hydroxylation is 1. The summed E-state index contributed by atoms with van der Waals surface area (Å²) >= 11 is 0. The molecular formula is C17H30N4O. The van der Waals surface area contributed by atoms with Gasteiger partial charge in [-0.2, -0.15) is 5.10 Å². The molecule has 1 aromatic rings. The molecule has 1 aromatic heterocycles. The predicted molar refractivity (Wildman–Crippen MR) is 89.9 cm³/mol. The van der Waals surface area contributed by atoms with E-state index in [1.165, 1.54) is 5.69 Å². The lowest BCUT2D eigenvalue weighted by Gasteiger charge is -2.29. The molecule has 0 aliphatic heterocycles. The Kier molecular flexibility index (Phi) is 5.86. The maximum atomic E-state index is 11.1. The lowest BCUT2D eigenvalue weighted by Crippen LogP contribution is -2.39. The number of rotatable bonds is 6. The molecule has 0 aromatic carbocycles. The minimum Gasteiger partial charge on any atom is -0.380 e. The first-order valence-corrected chi connectivity index (χ1v) is 8.51. The van der Waals surface area contributed by atoms with Gasteiger partial charge in [0.15, 0.2) is 0 Å². The molecule has 1 aliphatic rings. The van der Waals surface area contributed by atoms with Crippen LogP contribution in [0.25, 0.3) is 0 Å². The van der Waals surface area contributed by atoms with Gasteiger partial charge in [0, 0.05) is 25.6 Å². The second-order valence-corrected chi connectivity index (χ2v) is 6.94. The van der Waals surface area contributed by atoms with E-state index < -0.39 is 0 Å². The molecule has 0 saturated heterocycles. The zero-order valence-electron chi connectivity index (χ0n) is 14.4. The van der Waals surface area contributed by atoms with E-state index in [1.807, 2.05) is 6.20 Å². The van der Waals surface area contributed by atoms with Crippen molar-refractivity contribution in [2.24, 2.45) is 5.92 Å². The number of carbonyl (C=O) groups excluding carboxylic acids is 1. The number of nitrogens with one attached hydrogen (secondary N) is 2. The van der Waals surface area contributed by atoms with Crippen molar-refractivity contribution in [3.63, 3.8) is 0 Å². The molecule has 0 atom stereocenters. The van der Waals surface area contributed by atoms with Gasteiger partial charge >= 0.3 is 0 Å². The number of hydrogen-bond donors (Lipinski definition) is 2. The van der Waals surface area contributed by atoms with Crippen molar-refractivity contribution in [2.45, 2.75) is 78.4 Å². The molecule has 5 nitrogen and oxygen atoms in total. The number of aromatic nitrogens is 2. The lowest BCUT2D eigenvalue weighted by molar-refractivity contribution is -0.119. The van der Waals surface area contributed by atoms with E-state index in [2.05, 4.69) is 41.2 Å². The van der Waals surface area contributed by atoms with Crippen molar-refractivity contribution < 1.29 is 4.79 Å². The zero-order chi connectivity index (χ0) is 16.1. The summed E-state index contributed by atoms with van der Waals surface area (Å²) in [7, 11) is 0. The van der Waals surface area contributed by atoms with Crippen LogP contribution >= 0.6 is 0 Å². The van der Waals surface area contributed by atoms with E-state index in [9.17, 15) is 4.79 Å². The van der Waals surface area contributed by atoms with Crippen molar-refractivity contribution in [2.75, 3.05) is 5.32 Å². The molecule has 2 rings (SSSR count). The highest BCUT2D eigenvalue weighted by Gasteiger charge is 2.22. The summed E-state index contributed by atoms with van der Waals surface area (Å²) in [5.41, 5.74) is 2.39. The summed E-state index contributed by atoms with van der Waals surface area (Å²) in [5.74, 6) is 0.780. The number of hydrogen-bond acceptors (Lipinski definition) is 3. The Morgan fingerprint density at radius 1 is 1.32 bits per heavy atom. The third-order valence-electron chi connectivity index (χ3n) is 4.52. The van der Waals surface area contributed by atoms with Crippen LogP contribution < -0.4 is 10.6 Å². The molecule has 0 unspecified atom stereocenters. The molecule has 22 heavy (non-hydrogen) atoms. The van der Waals surface area contributed by atoms with Crippen molar-refractivity contribution >= 4 is 11.6 Å². The van der Waals surface area contributed by atoms with Crippen LogP contribution in [0.1, 0.15) is 58.6 Å². The summed E-state index contributed by atoms with van der Waals surface area (Å²) in [6.07, 6.45) is 7.41. The van der Waals surface area contributed by atoms with E-state index in [4.69, 9.17) is 0 Å². The van der Waals surface area contributed by atoms with Gasteiger partial charge in [0.05, 0.1) is 17.6 Å². The fraction of sp³-hybridized carbons (Fsp3) is 0.765. The minimum absolute atomic E-state index is 0.0821. The second-order valence-electron chi connectivity index (χ2n) is 6.94. The Labute approximate surface area is 133 Å². The molecule has 0 spiro atoms. The largest absolute Gasteiger partial charge is 0.380 e. The van der Waals surface area contributed by atoms with E-state index in [0.717, 1.165) is 44.3 Å². The standard InChI is InChI=1S/C17H30N4O/c1-12(2)9-10-21-13(3)17(11-18-21)20-16-7-5-15(6-8-16)19-14(4)22/h11-12,15-16,20H,5-10H2,1-4H3,(H,19,22). The van der Waals surface area contributed by atoms with Gasteiger partial charge in [0.2, 0.25) is 5.91 Å².